The first kappa shape index (κ1) is 78.1. The van der Waals surface area contributed by atoms with Gasteiger partial charge in [-0.25, -0.2) is 24.0 Å². The minimum atomic E-state index is -0.661. The number of aryl methyl sites for hydroxylation is 4. The van der Waals surface area contributed by atoms with Gasteiger partial charge in [0.25, 0.3) is 0 Å². The Hall–Kier alpha value is -7.61. The van der Waals surface area contributed by atoms with Gasteiger partial charge in [0.15, 0.2) is 0 Å². The quantitative estimate of drug-likeness (QED) is 0.0156. The molecule has 95 heavy (non-hydrogen) atoms. The molecule has 0 atom stereocenters. The van der Waals surface area contributed by atoms with Gasteiger partial charge in [0.05, 0.1) is 60.0 Å². The van der Waals surface area contributed by atoms with Gasteiger partial charge in [0.1, 0.15) is 23.0 Å². The van der Waals surface area contributed by atoms with Gasteiger partial charge in [-0.15, -0.1) is 0 Å². The molecule has 1 aliphatic carbocycles. The van der Waals surface area contributed by atoms with Crippen LogP contribution in [0, 0.1) is 0 Å². The monoisotopic (exact) mass is 1310 g/mol. The van der Waals surface area contributed by atoms with Crippen LogP contribution in [0.4, 0.5) is 0 Å². The third kappa shape index (κ3) is 28.3. The van der Waals surface area contributed by atoms with E-state index in [9.17, 15) is 24.0 Å². The number of methoxy groups -OCH3 is 1. The molecule has 0 heterocycles. The zero-order valence-electron chi connectivity index (χ0n) is 59.1. The van der Waals surface area contributed by atoms with Crippen LogP contribution in [-0.4, -0.2) is 89.8 Å². The average Bonchev–Trinajstić information content (AvgIpc) is 0.786. The topological polar surface area (TPSA) is 168 Å². The number of carbonyl (C=O) groups is 5. The van der Waals surface area contributed by atoms with E-state index in [0.717, 1.165) is 208 Å². The summed E-state index contributed by atoms with van der Waals surface area (Å²) in [5, 5.41) is 0. The van der Waals surface area contributed by atoms with Crippen molar-refractivity contribution in [2.75, 3.05) is 60.0 Å². The van der Waals surface area contributed by atoms with Gasteiger partial charge < -0.3 is 42.6 Å². The van der Waals surface area contributed by atoms with Crippen LogP contribution in [0.15, 0.2) is 97.1 Å². The molecule has 0 saturated carbocycles. The SMILES string of the molecule is C=C(C)C(=O)OCCCOc1c2cc(CCCCCC)cc1Cc1cc(CCCCCC)cc(c1OCCCOC(=O)C(=C)C)Cc1cc(CCCCCC)cc(c1OCCCOC(=O)C(=C)C)Cc1cc(CCCCCC)cc(c1OCCCOC(=O)/C=C\C(=O)OC)C2. The average molecular weight is 1310 g/mol. The predicted octanol–water partition coefficient (Wildman–Crippen LogP) is 17.6. The Morgan fingerprint density at radius 1 is 0.326 bits per heavy atom. The highest BCUT2D eigenvalue weighted by molar-refractivity contribution is 5.91. The van der Waals surface area contributed by atoms with E-state index in [2.05, 4.69) is 101 Å². The first-order valence-electron chi connectivity index (χ1n) is 35.5. The number of unbranched alkanes of at least 4 members (excludes halogenated alkanes) is 12. The van der Waals surface area contributed by atoms with Crippen molar-refractivity contribution in [2.45, 2.75) is 228 Å². The molecule has 0 aromatic heterocycles. The number of fused-ring (bicyclic) bond motifs is 8. The molecule has 0 radical (unpaired) electrons. The van der Waals surface area contributed by atoms with Crippen molar-refractivity contribution in [3.05, 3.63) is 164 Å². The third-order valence-corrected chi connectivity index (χ3v) is 16.7. The Morgan fingerprint density at radius 3 is 0.779 bits per heavy atom. The van der Waals surface area contributed by atoms with E-state index in [4.69, 9.17) is 37.9 Å². The maximum atomic E-state index is 12.8. The molecule has 520 valence electrons. The van der Waals surface area contributed by atoms with E-state index in [1.807, 2.05) is 0 Å². The zero-order valence-corrected chi connectivity index (χ0v) is 59.1. The van der Waals surface area contributed by atoms with Gasteiger partial charge in [-0.05, 0) is 139 Å². The lowest BCUT2D eigenvalue weighted by Gasteiger charge is -2.25. The number of hydrogen-bond donors (Lipinski definition) is 0. The highest BCUT2D eigenvalue weighted by atomic mass is 16.6. The molecule has 4 aromatic carbocycles. The lowest BCUT2D eigenvalue weighted by atomic mass is 9.87. The molecule has 1 aliphatic rings. The second-order valence-corrected chi connectivity index (χ2v) is 25.5. The second-order valence-electron chi connectivity index (χ2n) is 25.5. The number of carbonyl (C=O) groups excluding carboxylic acids is 5. The third-order valence-electron chi connectivity index (χ3n) is 16.7. The first-order chi connectivity index (χ1) is 46.0. The van der Waals surface area contributed by atoms with Crippen LogP contribution >= 0.6 is 0 Å². The van der Waals surface area contributed by atoms with Crippen LogP contribution in [0.2, 0.25) is 0 Å². The number of hydrogen-bond acceptors (Lipinski definition) is 14. The molecule has 5 rings (SSSR count). The van der Waals surface area contributed by atoms with E-state index in [1.54, 1.807) is 20.8 Å². The summed E-state index contributed by atoms with van der Waals surface area (Å²) in [5.41, 5.74) is 13.8. The molecule has 0 saturated heterocycles. The molecule has 14 heteroatoms. The molecule has 4 aromatic rings. The molecule has 0 unspecified atom stereocenters. The smallest absolute Gasteiger partial charge is 0.333 e. The Kier molecular flexibility index (Phi) is 36.3. The fraction of sp³-hybridized carbons (Fsp3) is 0.543. The lowest BCUT2D eigenvalue weighted by Crippen LogP contribution is -2.14. The minimum absolute atomic E-state index is 0.0471. The molecule has 0 spiro atoms. The van der Waals surface area contributed by atoms with Crippen molar-refractivity contribution in [3.63, 3.8) is 0 Å². The second kappa shape index (κ2) is 44.2. The largest absolute Gasteiger partial charge is 0.493 e. The Balaban J connectivity index is 1.90. The number of rotatable bonds is 45. The first-order valence-corrected chi connectivity index (χ1v) is 35.5. The maximum Gasteiger partial charge on any atom is 0.333 e. The van der Waals surface area contributed by atoms with Crippen molar-refractivity contribution >= 4 is 29.8 Å². The fourth-order valence-electron chi connectivity index (χ4n) is 11.7. The number of benzene rings is 4. The normalized spacial score (nSPS) is 11.8. The van der Waals surface area contributed by atoms with Gasteiger partial charge in [-0.3, -0.25) is 0 Å². The summed E-state index contributed by atoms with van der Waals surface area (Å²) >= 11 is 0. The Bertz CT molecular complexity index is 3010. The fourth-order valence-corrected chi connectivity index (χ4v) is 11.7. The van der Waals surface area contributed by atoms with E-state index in [0.29, 0.717) is 68.1 Å². The van der Waals surface area contributed by atoms with E-state index in [1.165, 1.54) is 29.4 Å². The van der Waals surface area contributed by atoms with Crippen LogP contribution in [-0.2, 0) is 99.0 Å². The van der Waals surface area contributed by atoms with Crippen molar-refractivity contribution in [3.8, 4) is 23.0 Å². The van der Waals surface area contributed by atoms with Gasteiger partial charge >= 0.3 is 29.8 Å². The molecule has 0 aliphatic heterocycles. The van der Waals surface area contributed by atoms with Crippen molar-refractivity contribution in [2.24, 2.45) is 0 Å². The van der Waals surface area contributed by atoms with Crippen LogP contribution in [0.5, 0.6) is 23.0 Å². The molecule has 0 amide bonds. The van der Waals surface area contributed by atoms with Crippen LogP contribution in [0.3, 0.4) is 0 Å². The summed E-state index contributed by atoms with van der Waals surface area (Å²) < 4.78 is 55.7. The van der Waals surface area contributed by atoms with Gasteiger partial charge in [0.2, 0.25) is 0 Å². The van der Waals surface area contributed by atoms with Gasteiger partial charge in [-0.2, -0.15) is 0 Å². The molecule has 14 nitrogen and oxygen atoms in total. The summed E-state index contributed by atoms with van der Waals surface area (Å²) in [5.74, 6) is 0.355. The molecular weight excluding hydrogens is 1200 g/mol. The number of ether oxygens (including phenoxy) is 9. The summed E-state index contributed by atoms with van der Waals surface area (Å²) in [6, 6.07) is 18.6. The van der Waals surface area contributed by atoms with Crippen molar-refractivity contribution in [1.82, 2.24) is 0 Å². The van der Waals surface area contributed by atoms with Crippen molar-refractivity contribution < 1.29 is 66.6 Å². The highest BCUT2D eigenvalue weighted by Gasteiger charge is 2.26. The molecular formula is C81H112O14. The van der Waals surface area contributed by atoms with E-state index in [-0.39, 0.29) is 52.9 Å². The van der Waals surface area contributed by atoms with Crippen molar-refractivity contribution in [1.29, 1.82) is 0 Å². The zero-order chi connectivity index (χ0) is 68.7. The maximum absolute atomic E-state index is 12.8. The van der Waals surface area contributed by atoms with Gasteiger partial charge in [0, 0.05) is 80.2 Å². The lowest BCUT2D eigenvalue weighted by molar-refractivity contribution is -0.140. The summed E-state index contributed by atoms with van der Waals surface area (Å²) in [7, 11) is 1.25. The highest BCUT2D eigenvalue weighted by Crippen LogP contribution is 2.42. The number of esters is 5. The Morgan fingerprint density at radius 2 is 0.558 bits per heavy atom. The van der Waals surface area contributed by atoms with E-state index < -0.39 is 29.8 Å². The molecule has 8 bridgehead atoms. The van der Waals surface area contributed by atoms with E-state index >= 15 is 0 Å². The predicted molar refractivity (Wildman–Crippen MR) is 378 cm³/mol. The summed E-state index contributed by atoms with van der Waals surface area (Å²) in [6.45, 7) is 26.8. The molecule has 0 fully saturated rings. The van der Waals surface area contributed by atoms with Crippen LogP contribution < -0.4 is 18.9 Å². The van der Waals surface area contributed by atoms with Crippen LogP contribution in [0.25, 0.3) is 0 Å². The summed E-state index contributed by atoms with van der Waals surface area (Å²) in [6.07, 6.45) is 26.5. The van der Waals surface area contributed by atoms with Gasteiger partial charge in [-0.1, -0.05) is 173 Å². The molecule has 0 N–H and O–H groups in total. The van der Waals surface area contributed by atoms with Crippen LogP contribution in [0.1, 0.15) is 244 Å². The minimum Gasteiger partial charge on any atom is -0.493 e. The standard InChI is InChI=1S/C81H112O14/c1-12-16-20-24-32-61-46-65-54-67-48-62(33-25-21-17-13-2)50-69(76(67)90-40-29-43-93-79(84)58(5)6)56-71-52-64(35-27-23-19-15-4)53-72(78(71)92-42-31-45-95-81(86)60(9)10)57-70-51-63(34-26-22-18-14-3)49-68(77(70)91-41-30-44-94-80(85)59(7)8)55-66(47-61)75(65)89-39-28-38-88-74(83)37-36-73(82)87-11/h36-37,46-53H,5,7,9,12-35,38-45,54-57H2,1-4,6,8,10-11H3/b37-36-. The summed E-state index contributed by atoms with van der Waals surface area (Å²) in [4.78, 5) is 62.6. The Labute approximate surface area is 568 Å².